The molecule has 4 aromatic rings. The van der Waals surface area contributed by atoms with Gasteiger partial charge in [-0.3, -0.25) is 9.99 Å². The molecule has 0 aliphatic carbocycles. The van der Waals surface area contributed by atoms with E-state index in [0.717, 1.165) is 12.3 Å². The third kappa shape index (κ3) is 4.75. The minimum Gasteiger partial charge on any atom is -0.299 e. The van der Waals surface area contributed by atoms with Crippen molar-refractivity contribution in [2.75, 3.05) is 5.43 Å². The molecule has 0 amide bonds. The quantitative estimate of drug-likeness (QED) is 0.221. The van der Waals surface area contributed by atoms with Gasteiger partial charge in [0.1, 0.15) is 0 Å². The summed E-state index contributed by atoms with van der Waals surface area (Å²) in [6.07, 6.45) is -6.17. The van der Waals surface area contributed by atoms with Crippen molar-refractivity contribution in [3.63, 3.8) is 0 Å². The second-order valence-electron chi connectivity index (χ2n) is 6.61. The summed E-state index contributed by atoms with van der Waals surface area (Å²) < 4.78 is 80.1. The molecule has 13 heteroatoms. The first kappa shape index (κ1) is 22.5. The van der Waals surface area contributed by atoms with Crippen LogP contribution in [0.5, 0.6) is 0 Å². The average Bonchev–Trinajstić information content (AvgIpc) is 3.20. The number of hydrazone groups is 1. The molecule has 0 atom stereocenters. The molecule has 0 unspecified atom stereocenters. The topological polar surface area (TPSA) is 68.0 Å². The van der Waals surface area contributed by atoms with Gasteiger partial charge in [0.15, 0.2) is 17.3 Å². The van der Waals surface area contributed by atoms with Crippen LogP contribution in [-0.2, 0) is 12.4 Å². The smallest absolute Gasteiger partial charge is 0.299 e. The SMILES string of the molecule is FC(F)(F)c1cnc(-n2cccc2/C=N\Nc2nc3ccccc3nc2C(F)(F)F)c(Cl)c1. The summed E-state index contributed by atoms with van der Waals surface area (Å²) in [5, 5.41) is 3.51. The van der Waals surface area contributed by atoms with E-state index < -0.39 is 29.4 Å². The molecule has 170 valence electrons. The van der Waals surface area contributed by atoms with E-state index in [-0.39, 0.29) is 27.6 Å². The Labute approximate surface area is 186 Å². The summed E-state index contributed by atoms with van der Waals surface area (Å²) in [5.74, 6) is -0.626. The maximum absolute atomic E-state index is 13.4. The molecule has 1 N–H and O–H groups in total. The van der Waals surface area contributed by atoms with Crippen molar-refractivity contribution in [1.82, 2.24) is 19.5 Å². The summed E-state index contributed by atoms with van der Waals surface area (Å²) >= 11 is 5.97. The van der Waals surface area contributed by atoms with Crippen LogP contribution < -0.4 is 5.43 Å². The lowest BCUT2D eigenvalue weighted by Gasteiger charge is -2.12. The number of anilines is 1. The summed E-state index contributed by atoms with van der Waals surface area (Å²) in [7, 11) is 0. The van der Waals surface area contributed by atoms with Gasteiger partial charge in [-0.05, 0) is 30.3 Å². The number of hydrogen-bond acceptors (Lipinski definition) is 5. The molecular weight excluding hydrogens is 474 g/mol. The van der Waals surface area contributed by atoms with Gasteiger partial charge in [0, 0.05) is 12.4 Å². The molecule has 6 nitrogen and oxygen atoms in total. The summed E-state index contributed by atoms with van der Waals surface area (Å²) in [4.78, 5) is 11.3. The molecule has 1 aromatic carbocycles. The molecule has 0 fully saturated rings. The number of nitrogens with zero attached hydrogens (tertiary/aromatic N) is 5. The van der Waals surface area contributed by atoms with Gasteiger partial charge in [-0.1, -0.05) is 23.7 Å². The zero-order valence-electron chi connectivity index (χ0n) is 16.2. The highest BCUT2D eigenvalue weighted by molar-refractivity contribution is 6.32. The van der Waals surface area contributed by atoms with Crippen LogP contribution >= 0.6 is 11.6 Å². The van der Waals surface area contributed by atoms with Crippen LogP contribution in [0.4, 0.5) is 32.2 Å². The molecule has 0 saturated carbocycles. The van der Waals surface area contributed by atoms with Crippen molar-refractivity contribution in [1.29, 1.82) is 0 Å². The van der Waals surface area contributed by atoms with Crippen LogP contribution in [0.25, 0.3) is 16.9 Å². The van der Waals surface area contributed by atoms with E-state index in [2.05, 4.69) is 25.5 Å². The lowest BCUT2D eigenvalue weighted by Crippen LogP contribution is -2.13. The van der Waals surface area contributed by atoms with Gasteiger partial charge in [0.2, 0.25) is 0 Å². The average molecular weight is 485 g/mol. The molecule has 33 heavy (non-hydrogen) atoms. The lowest BCUT2D eigenvalue weighted by molar-refractivity contribution is -0.140. The van der Waals surface area contributed by atoms with Crippen molar-refractivity contribution in [3.05, 3.63) is 76.8 Å². The van der Waals surface area contributed by atoms with E-state index in [9.17, 15) is 26.3 Å². The highest BCUT2D eigenvalue weighted by Crippen LogP contribution is 2.34. The third-order valence-electron chi connectivity index (χ3n) is 4.36. The Balaban J connectivity index is 1.64. The Morgan fingerprint density at radius 1 is 0.939 bits per heavy atom. The Morgan fingerprint density at radius 2 is 1.64 bits per heavy atom. The largest absolute Gasteiger partial charge is 0.437 e. The van der Waals surface area contributed by atoms with E-state index >= 15 is 0 Å². The number of alkyl halides is 6. The van der Waals surface area contributed by atoms with Gasteiger partial charge >= 0.3 is 12.4 Å². The Kier molecular flexibility index (Phi) is 5.70. The van der Waals surface area contributed by atoms with Gasteiger partial charge in [-0.25, -0.2) is 15.0 Å². The summed E-state index contributed by atoms with van der Waals surface area (Å²) in [5.41, 5.74) is 0.537. The Bertz CT molecular complexity index is 1350. The number of para-hydroxylation sites is 2. The standard InChI is InChI=1S/C20H11ClF6N6/c21-13-8-11(19(22,23)24)9-28-18(13)33-7-3-4-12(33)10-29-32-17-16(20(25,26)27)30-14-5-1-2-6-15(14)31-17/h1-10H,(H,31,32)/b29-10-. The second kappa shape index (κ2) is 8.35. The van der Waals surface area contributed by atoms with Gasteiger partial charge in [-0.15, -0.1) is 0 Å². The summed E-state index contributed by atoms with van der Waals surface area (Å²) in [6.45, 7) is 0. The number of rotatable bonds is 4. The molecule has 4 rings (SSSR count). The fourth-order valence-electron chi connectivity index (χ4n) is 2.89. The van der Waals surface area contributed by atoms with Gasteiger partial charge in [-0.2, -0.15) is 31.4 Å². The molecule has 0 aliphatic rings. The first-order valence-electron chi connectivity index (χ1n) is 9.07. The van der Waals surface area contributed by atoms with Crippen molar-refractivity contribution in [2.45, 2.75) is 12.4 Å². The number of halogens is 7. The van der Waals surface area contributed by atoms with Gasteiger partial charge in [0.25, 0.3) is 0 Å². The fraction of sp³-hybridized carbons (Fsp3) is 0.100. The third-order valence-corrected chi connectivity index (χ3v) is 4.64. The van der Waals surface area contributed by atoms with Crippen molar-refractivity contribution in [3.8, 4) is 5.82 Å². The number of fused-ring (bicyclic) bond motifs is 1. The fourth-order valence-corrected chi connectivity index (χ4v) is 3.15. The Hall–Kier alpha value is -3.67. The predicted octanol–water partition coefficient (Wildman–Crippen LogP) is 5.95. The van der Waals surface area contributed by atoms with Crippen molar-refractivity contribution in [2.24, 2.45) is 5.10 Å². The first-order chi connectivity index (χ1) is 15.5. The van der Waals surface area contributed by atoms with Crippen LogP contribution in [0, 0.1) is 0 Å². The normalized spacial score (nSPS) is 12.6. The highest BCUT2D eigenvalue weighted by Gasteiger charge is 2.37. The van der Waals surface area contributed by atoms with E-state index in [1.165, 1.54) is 41.1 Å². The lowest BCUT2D eigenvalue weighted by atomic mass is 10.2. The van der Waals surface area contributed by atoms with Crippen LogP contribution in [0.2, 0.25) is 5.02 Å². The van der Waals surface area contributed by atoms with Crippen molar-refractivity contribution >= 4 is 34.7 Å². The molecule has 0 saturated heterocycles. The minimum absolute atomic E-state index is 0.0161. The second-order valence-corrected chi connectivity index (χ2v) is 7.01. The highest BCUT2D eigenvalue weighted by atomic mass is 35.5. The van der Waals surface area contributed by atoms with Crippen LogP contribution in [0.1, 0.15) is 17.0 Å². The van der Waals surface area contributed by atoms with Crippen LogP contribution in [0.3, 0.4) is 0 Å². The van der Waals surface area contributed by atoms with Gasteiger partial charge in [0.05, 0.1) is 33.5 Å². The van der Waals surface area contributed by atoms with Crippen molar-refractivity contribution < 1.29 is 26.3 Å². The van der Waals surface area contributed by atoms with Crippen LogP contribution in [0.15, 0.2) is 60.0 Å². The van der Waals surface area contributed by atoms with Crippen LogP contribution in [-0.4, -0.2) is 25.7 Å². The van der Waals surface area contributed by atoms with E-state index in [1.54, 1.807) is 6.07 Å². The number of benzene rings is 1. The zero-order chi connectivity index (χ0) is 23.8. The zero-order valence-corrected chi connectivity index (χ0v) is 16.9. The number of pyridine rings is 1. The molecule has 0 aliphatic heterocycles. The Morgan fingerprint density at radius 3 is 2.27 bits per heavy atom. The molecular formula is C20H11ClF6N6. The summed E-state index contributed by atoms with van der Waals surface area (Å²) in [6, 6.07) is 9.82. The predicted molar refractivity (Wildman–Crippen MR) is 109 cm³/mol. The molecule has 3 aromatic heterocycles. The molecule has 3 heterocycles. The van der Waals surface area contributed by atoms with Gasteiger partial charge < -0.3 is 0 Å². The van der Waals surface area contributed by atoms with E-state index in [0.29, 0.717) is 6.20 Å². The molecule has 0 bridgehead atoms. The number of aromatic nitrogens is 4. The maximum atomic E-state index is 13.4. The van der Waals surface area contributed by atoms with E-state index in [4.69, 9.17) is 11.6 Å². The first-order valence-corrected chi connectivity index (χ1v) is 9.45. The maximum Gasteiger partial charge on any atom is 0.437 e. The molecule has 0 radical (unpaired) electrons. The number of hydrogen-bond donors (Lipinski definition) is 1. The molecule has 0 spiro atoms. The number of nitrogens with one attached hydrogen (secondary N) is 1. The monoisotopic (exact) mass is 484 g/mol. The minimum atomic E-state index is -4.78. The van der Waals surface area contributed by atoms with E-state index in [1.807, 2.05) is 0 Å².